The largest absolute Gasteiger partial charge is 0.309 e. The molecule has 0 aliphatic rings. The molecule has 0 atom stereocenters. The van der Waals surface area contributed by atoms with E-state index in [4.69, 9.17) is 11.6 Å². The Morgan fingerprint density at radius 2 is 2.33 bits per heavy atom. The molecule has 1 aromatic rings. The van der Waals surface area contributed by atoms with Gasteiger partial charge in [-0.2, -0.15) is 9.37 Å². The molecule has 0 saturated heterocycles. The third-order valence-electron chi connectivity index (χ3n) is 0.881. The van der Waals surface area contributed by atoms with Crippen LogP contribution in [-0.4, -0.2) is 9.97 Å². The van der Waals surface area contributed by atoms with Crippen molar-refractivity contribution in [2.45, 2.75) is 6.92 Å². The van der Waals surface area contributed by atoms with Crippen molar-refractivity contribution >= 4 is 11.6 Å². The lowest BCUT2D eigenvalue weighted by Crippen LogP contribution is -1.89. The van der Waals surface area contributed by atoms with Crippen molar-refractivity contribution in [1.29, 1.82) is 0 Å². The molecule has 0 aliphatic carbocycles. The average molecular weight is 147 g/mol. The fourth-order valence-corrected chi connectivity index (χ4v) is 0.520. The molecule has 1 rings (SSSR count). The minimum atomic E-state index is -0.786. The predicted molar refractivity (Wildman–Crippen MR) is 31.7 cm³/mol. The Kier molecular flexibility index (Phi) is 1.62. The van der Waals surface area contributed by atoms with Crippen molar-refractivity contribution < 1.29 is 4.39 Å². The minimum absolute atomic E-state index is 0.169. The van der Waals surface area contributed by atoms with Crippen molar-refractivity contribution in [3.63, 3.8) is 0 Å². The second-order valence-electron chi connectivity index (χ2n) is 1.61. The maximum atomic E-state index is 12.0. The van der Waals surface area contributed by atoms with Crippen LogP contribution in [0, 0.1) is 13.0 Å². The van der Waals surface area contributed by atoms with Crippen molar-refractivity contribution in [3.05, 3.63) is 23.0 Å². The second kappa shape index (κ2) is 2.27. The van der Waals surface area contributed by atoms with E-state index >= 15 is 0 Å². The fourth-order valence-electron chi connectivity index (χ4n) is 0.401. The minimum Gasteiger partial charge on any atom is -0.210 e. The SMILES string of the molecule is Cc1cnc(F)nc1Cl. The fraction of sp³-hybridized carbons (Fsp3) is 0.200. The van der Waals surface area contributed by atoms with E-state index in [1.165, 1.54) is 6.20 Å². The van der Waals surface area contributed by atoms with Crippen LogP contribution in [0.5, 0.6) is 0 Å². The van der Waals surface area contributed by atoms with Crippen LogP contribution in [0.25, 0.3) is 0 Å². The van der Waals surface area contributed by atoms with Crippen molar-refractivity contribution in [2.24, 2.45) is 0 Å². The third kappa shape index (κ3) is 1.36. The Labute approximate surface area is 56.7 Å². The van der Waals surface area contributed by atoms with Gasteiger partial charge in [0.25, 0.3) is 0 Å². The van der Waals surface area contributed by atoms with Crippen LogP contribution in [0.15, 0.2) is 6.20 Å². The van der Waals surface area contributed by atoms with Gasteiger partial charge in [0.1, 0.15) is 5.15 Å². The van der Waals surface area contributed by atoms with Gasteiger partial charge < -0.3 is 0 Å². The smallest absolute Gasteiger partial charge is 0.210 e. The van der Waals surface area contributed by atoms with E-state index in [1.807, 2.05) is 0 Å². The first kappa shape index (κ1) is 6.42. The second-order valence-corrected chi connectivity index (χ2v) is 1.97. The summed E-state index contributed by atoms with van der Waals surface area (Å²) >= 11 is 5.42. The van der Waals surface area contributed by atoms with Crippen LogP contribution >= 0.6 is 11.6 Å². The Bertz CT molecular complexity index is 226. The van der Waals surface area contributed by atoms with Gasteiger partial charge >= 0.3 is 6.08 Å². The Morgan fingerprint density at radius 1 is 1.67 bits per heavy atom. The average Bonchev–Trinajstić information content (AvgIpc) is 1.80. The van der Waals surface area contributed by atoms with Crippen molar-refractivity contribution in [2.75, 3.05) is 0 Å². The van der Waals surface area contributed by atoms with Gasteiger partial charge in [-0.15, -0.1) is 0 Å². The van der Waals surface area contributed by atoms with Crippen LogP contribution in [0.2, 0.25) is 5.15 Å². The highest BCUT2D eigenvalue weighted by molar-refractivity contribution is 6.30. The molecule has 0 radical (unpaired) electrons. The summed E-state index contributed by atoms with van der Waals surface area (Å²) < 4.78 is 12.0. The normalized spacial score (nSPS) is 9.67. The molecule has 4 heteroatoms. The first-order valence-corrected chi connectivity index (χ1v) is 2.72. The highest BCUT2D eigenvalue weighted by Gasteiger charge is 1.97. The molecule has 0 amide bonds. The maximum absolute atomic E-state index is 12.0. The van der Waals surface area contributed by atoms with Gasteiger partial charge in [0.15, 0.2) is 0 Å². The van der Waals surface area contributed by atoms with Gasteiger partial charge in [0, 0.05) is 11.8 Å². The van der Waals surface area contributed by atoms with E-state index in [0.717, 1.165) is 0 Å². The number of aromatic nitrogens is 2. The zero-order chi connectivity index (χ0) is 6.85. The van der Waals surface area contributed by atoms with Gasteiger partial charge in [-0.1, -0.05) is 11.6 Å². The van der Waals surface area contributed by atoms with Crippen molar-refractivity contribution in [3.8, 4) is 0 Å². The number of rotatable bonds is 0. The zero-order valence-corrected chi connectivity index (χ0v) is 5.48. The van der Waals surface area contributed by atoms with Gasteiger partial charge in [-0.05, 0) is 6.92 Å². The Morgan fingerprint density at radius 3 is 2.78 bits per heavy atom. The summed E-state index contributed by atoms with van der Waals surface area (Å²) in [6.07, 6.45) is 0.551. The number of halogens is 2. The lowest BCUT2D eigenvalue weighted by molar-refractivity contribution is 0.537. The van der Waals surface area contributed by atoms with Gasteiger partial charge in [-0.3, -0.25) is 0 Å². The molecule has 1 aromatic heterocycles. The number of aryl methyl sites for hydroxylation is 1. The molecule has 0 saturated carbocycles. The predicted octanol–water partition coefficient (Wildman–Crippen LogP) is 1.58. The Hall–Kier alpha value is -0.700. The number of nitrogens with zero attached hydrogens (tertiary/aromatic N) is 2. The summed E-state index contributed by atoms with van der Waals surface area (Å²) in [5.74, 6) is 0. The monoisotopic (exact) mass is 146 g/mol. The molecule has 0 fully saturated rings. The van der Waals surface area contributed by atoms with E-state index < -0.39 is 6.08 Å². The molecule has 0 aromatic carbocycles. The molecular weight excluding hydrogens is 143 g/mol. The molecule has 48 valence electrons. The van der Waals surface area contributed by atoms with Gasteiger partial charge in [0.2, 0.25) is 0 Å². The lowest BCUT2D eigenvalue weighted by Gasteiger charge is -1.91. The van der Waals surface area contributed by atoms with Crippen LogP contribution in [0.1, 0.15) is 5.56 Å². The van der Waals surface area contributed by atoms with Gasteiger partial charge in [-0.25, -0.2) is 4.98 Å². The van der Waals surface area contributed by atoms with Crippen molar-refractivity contribution in [1.82, 2.24) is 9.97 Å². The number of hydrogen-bond acceptors (Lipinski definition) is 2. The topological polar surface area (TPSA) is 25.8 Å². The molecule has 0 spiro atoms. The summed E-state index contributed by atoms with van der Waals surface area (Å²) in [5.41, 5.74) is 0.679. The summed E-state index contributed by atoms with van der Waals surface area (Å²) in [5, 5.41) is 0.169. The first-order valence-electron chi connectivity index (χ1n) is 2.35. The van der Waals surface area contributed by atoms with E-state index in [2.05, 4.69) is 9.97 Å². The standard InChI is InChI=1S/C5H4ClFN2/c1-3-2-8-5(7)9-4(3)6/h2H,1H3. The van der Waals surface area contributed by atoms with E-state index in [9.17, 15) is 4.39 Å². The summed E-state index contributed by atoms with van der Waals surface area (Å²) in [4.78, 5) is 6.54. The first-order chi connectivity index (χ1) is 4.20. The van der Waals surface area contributed by atoms with Gasteiger partial charge in [0.05, 0.1) is 0 Å². The lowest BCUT2D eigenvalue weighted by atomic mass is 10.4. The Balaban J connectivity index is 3.17. The molecule has 1 heterocycles. The summed E-state index contributed by atoms with van der Waals surface area (Å²) in [7, 11) is 0. The van der Waals surface area contributed by atoms with Crippen LogP contribution in [0.3, 0.4) is 0 Å². The number of hydrogen-bond donors (Lipinski definition) is 0. The third-order valence-corrected chi connectivity index (χ3v) is 1.26. The van der Waals surface area contributed by atoms with E-state index in [-0.39, 0.29) is 5.15 Å². The maximum Gasteiger partial charge on any atom is 0.309 e. The van der Waals surface area contributed by atoms with Crippen LogP contribution in [-0.2, 0) is 0 Å². The molecule has 2 nitrogen and oxygen atoms in total. The quantitative estimate of drug-likeness (QED) is 0.410. The molecule has 0 aliphatic heterocycles. The summed E-state index contributed by atoms with van der Waals surface area (Å²) in [6.45, 7) is 1.71. The molecular formula is C5H4ClFN2. The highest BCUT2D eigenvalue weighted by atomic mass is 35.5. The van der Waals surface area contributed by atoms with Crippen LogP contribution in [0.4, 0.5) is 4.39 Å². The molecule has 0 bridgehead atoms. The van der Waals surface area contributed by atoms with E-state index in [1.54, 1.807) is 6.92 Å². The highest BCUT2D eigenvalue weighted by Crippen LogP contribution is 2.08. The van der Waals surface area contributed by atoms with E-state index in [0.29, 0.717) is 5.56 Å². The molecule has 0 unspecified atom stereocenters. The van der Waals surface area contributed by atoms with Crippen LogP contribution < -0.4 is 0 Å². The summed E-state index contributed by atoms with van der Waals surface area (Å²) in [6, 6.07) is 0. The molecule has 0 N–H and O–H groups in total. The molecule has 9 heavy (non-hydrogen) atoms. The zero-order valence-electron chi connectivity index (χ0n) is 4.73.